The molecule has 2 aliphatic heterocycles. The molecule has 2 N–H and O–H groups in total. The molecule has 2 heterocycles. The summed E-state index contributed by atoms with van der Waals surface area (Å²) in [5.41, 5.74) is 0. The highest BCUT2D eigenvalue weighted by atomic mass is 32.2. The Hall–Kier alpha value is -0.700. The van der Waals surface area contributed by atoms with Crippen molar-refractivity contribution in [3.8, 4) is 0 Å². The van der Waals surface area contributed by atoms with Crippen LogP contribution in [0.1, 0.15) is 19.3 Å². The number of nitrogens with one attached hydrogen (secondary N) is 2. The van der Waals surface area contributed by atoms with Crippen LogP contribution in [0.15, 0.2) is 0 Å². The maximum Gasteiger partial charge on any atom is 0.224 e. The van der Waals surface area contributed by atoms with Gasteiger partial charge in [-0.05, 0) is 12.8 Å². The summed E-state index contributed by atoms with van der Waals surface area (Å²) in [6.07, 6.45) is 2.96. The Kier molecular flexibility index (Phi) is 5.36. The number of rotatable bonds is 4. The van der Waals surface area contributed by atoms with Gasteiger partial charge in [-0.3, -0.25) is 4.79 Å². The van der Waals surface area contributed by atoms with Crippen LogP contribution in [0.5, 0.6) is 0 Å². The zero-order valence-corrected chi connectivity index (χ0v) is 12.6. The van der Waals surface area contributed by atoms with Gasteiger partial charge in [-0.1, -0.05) is 0 Å². The molecule has 0 bridgehead atoms. The first-order valence-corrected chi connectivity index (χ1v) is 8.89. The van der Waals surface area contributed by atoms with Gasteiger partial charge in [-0.15, -0.1) is 0 Å². The van der Waals surface area contributed by atoms with Gasteiger partial charge in [0, 0.05) is 38.1 Å². The predicted octanol–water partition coefficient (Wildman–Crippen LogP) is -1.09. The summed E-state index contributed by atoms with van der Waals surface area (Å²) < 4.78 is 30.3. The number of carbonyl (C=O) groups excluding carboxylic acids is 1. The average Bonchev–Trinajstić information content (AvgIpc) is 2.39. The van der Waals surface area contributed by atoms with Gasteiger partial charge < -0.3 is 15.0 Å². The minimum atomic E-state index is -3.16. The van der Waals surface area contributed by atoms with E-state index in [-0.39, 0.29) is 18.0 Å². The van der Waals surface area contributed by atoms with Crippen molar-refractivity contribution in [1.82, 2.24) is 14.9 Å². The molecule has 0 aromatic rings. The lowest BCUT2D eigenvalue weighted by atomic mass is 10.0. The fraction of sp³-hybridized carbons (Fsp3) is 0.917. The molecule has 20 heavy (non-hydrogen) atoms. The highest BCUT2D eigenvalue weighted by molar-refractivity contribution is 7.88. The second kappa shape index (κ2) is 6.84. The van der Waals surface area contributed by atoms with Gasteiger partial charge >= 0.3 is 0 Å². The minimum absolute atomic E-state index is 0.0508. The second-order valence-corrected chi connectivity index (χ2v) is 7.26. The quantitative estimate of drug-likeness (QED) is 0.689. The number of sulfonamides is 1. The SMILES string of the molecule is CS(=O)(=O)NC1CCN(C(=O)CC2COCCN2)CC1. The molecule has 7 nitrogen and oxygen atoms in total. The van der Waals surface area contributed by atoms with E-state index in [1.807, 2.05) is 4.90 Å². The molecule has 0 saturated carbocycles. The van der Waals surface area contributed by atoms with E-state index in [0.717, 1.165) is 6.54 Å². The second-order valence-electron chi connectivity index (χ2n) is 5.48. The lowest BCUT2D eigenvalue weighted by Crippen LogP contribution is -2.49. The van der Waals surface area contributed by atoms with Gasteiger partial charge in [0.1, 0.15) is 0 Å². The highest BCUT2D eigenvalue weighted by Gasteiger charge is 2.26. The zero-order valence-electron chi connectivity index (χ0n) is 11.8. The van der Waals surface area contributed by atoms with Crippen LogP contribution in [0.25, 0.3) is 0 Å². The number of hydrogen-bond acceptors (Lipinski definition) is 5. The van der Waals surface area contributed by atoms with Gasteiger partial charge in [0.15, 0.2) is 0 Å². The predicted molar refractivity (Wildman–Crippen MR) is 74.8 cm³/mol. The Bertz CT molecular complexity index is 426. The van der Waals surface area contributed by atoms with E-state index in [2.05, 4.69) is 10.0 Å². The first-order chi connectivity index (χ1) is 9.44. The van der Waals surface area contributed by atoms with Crippen molar-refractivity contribution in [1.29, 1.82) is 0 Å². The Morgan fingerprint density at radius 3 is 2.65 bits per heavy atom. The lowest BCUT2D eigenvalue weighted by molar-refractivity contribution is -0.133. The summed E-state index contributed by atoms with van der Waals surface area (Å²) in [5.74, 6) is 0.116. The van der Waals surface area contributed by atoms with Crippen molar-refractivity contribution in [2.24, 2.45) is 0 Å². The third-order valence-corrected chi connectivity index (χ3v) is 4.41. The normalized spacial score (nSPS) is 25.6. The Labute approximate surface area is 120 Å². The number of nitrogens with zero attached hydrogens (tertiary/aromatic N) is 1. The molecule has 0 aromatic heterocycles. The summed E-state index contributed by atoms with van der Waals surface area (Å²) in [4.78, 5) is 14.0. The van der Waals surface area contributed by atoms with E-state index in [1.54, 1.807) is 0 Å². The van der Waals surface area contributed by atoms with E-state index in [9.17, 15) is 13.2 Å². The molecule has 0 radical (unpaired) electrons. The molecular formula is C12H23N3O4S. The lowest BCUT2D eigenvalue weighted by Gasteiger charge is -2.33. The standard InChI is InChI=1S/C12H23N3O4S/c1-20(17,18)14-10-2-5-15(6-3-10)12(16)8-11-9-19-7-4-13-11/h10-11,13-14H,2-9H2,1H3. The van der Waals surface area contributed by atoms with Crippen LogP contribution in [-0.4, -0.2) is 70.4 Å². The fourth-order valence-electron chi connectivity index (χ4n) is 2.64. The van der Waals surface area contributed by atoms with Crippen molar-refractivity contribution in [2.75, 3.05) is 39.1 Å². The number of hydrogen-bond donors (Lipinski definition) is 2. The van der Waals surface area contributed by atoms with Gasteiger partial charge in [0.05, 0.1) is 19.5 Å². The maximum atomic E-state index is 12.1. The summed E-state index contributed by atoms with van der Waals surface area (Å²) in [7, 11) is -3.16. The molecule has 0 spiro atoms. The smallest absolute Gasteiger partial charge is 0.224 e. The van der Waals surface area contributed by atoms with Crippen LogP contribution < -0.4 is 10.0 Å². The molecule has 0 aliphatic carbocycles. The fourth-order valence-corrected chi connectivity index (χ4v) is 3.48. The summed E-state index contributed by atoms with van der Waals surface area (Å²) in [6.45, 7) is 3.29. The van der Waals surface area contributed by atoms with Crippen LogP contribution in [-0.2, 0) is 19.6 Å². The molecule has 2 rings (SSSR count). The van der Waals surface area contributed by atoms with Crippen LogP contribution >= 0.6 is 0 Å². The summed E-state index contributed by atoms with van der Waals surface area (Å²) >= 11 is 0. The van der Waals surface area contributed by atoms with Gasteiger partial charge in [0.25, 0.3) is 0 Å². The van der Waals surface area contributed by atoms with Crippen molar-refractivity contribution < 1.29 is 17.9 Å². The van der Waals surface area contributed by atoms with E-state index in [0.29, 0.717) is 45.6 Å². The average molecular weight is 305 g/mol. The van der Waals surface area contributed by atoms with E-state index >= 15 is 0 Å². The Morgan fingerprint density at radius 1 is 1.40 bits per heavy atom. The van der Waals surface area contributed by atoms with Crippen LogP contribution in [0.4, 0.5) is 0 Å². The monoisotopic (exact) mass is 305 g/mol. The molecule has 0 aromatic carbocycles. The topological polar surface area (TPSA) is 87.7 Å². The molecule has 116 valence electrons. The number of morpholine rings is 1. The minimum Gasteiger partial charge on any atom is -0.378 e. The number of likely N-dealkylation sites (tertiary alicyclic amines) is 1. The third-order valence-electron chi connectivity index (χ3n) is 3.65. The number of amides is 1. The van der Waals surface area contributed by atoms with Crippen molar-refractivity contribution in [3.05, 3.63) is 0 Å². The Morgan fingerprint density at radius 2 is 2.10 bits per heavy atom. The van der Waals surface area contributed by atoms with Crippen LogP contribution in [0.2, 0.25) is 0 Å². The number of piperidine rings is 1. The first kappa shape index (κ1) is 15.7. The van der Waals surface area contributed by atoms with Crippen molar-refractivity contribution in [3.63, 3.8) is 0 Å². The van der Waals surface area contributed by atoms with Gasteiger partial charge in [-0.25, -0.2) is 13.1 Å². The third kappa shape index (κ3) is 5.01. The molecule has 1 unspecified atom stereocenters. The van der Waals surface area contributed by atoms with Gasteiger partial charge in [0.2, 0.25) is 15.9 Å². The molecule has 2 aliphatic rings. The van der Waals surface area contributed by atoms with E-state index < -0.39 is 10.0 Å². The molecule has 2 saturated heterocycles. The highest BCUT2D eigenvalue weighted by Crippen LogP contribution is 2.13. The van der Waals surface area contributed by atoms with Gasteiger partial charge in [-0.2, -0.15) is 0 Å². The molecule has 8 heteroatoms. The first-order valence-electron chi connectivity index (χ1n) is 7.00. The summed E-state index contributed by atoms with van der Waals surface area (Å²) in [5, 5.41) is 3.26. The van der Waals surface area contributed by atoms with Crippen molar-refractivity contribution in [2.45, 2.75) is 31.3 Å². The van der Waals surface area contributed by atoms with Crippen LogP contribution in [0.3, 0.4) is 0 Å². The Balaban J connectivity index is 1.74. The van der Waals surface area contributed by atoms with Crippen LogP contribution in [0, 0.1) is 0 Å². The largest absolute Gasteiger partial charge is 0.378 e. The molecule has 1 atom stereocenters. The molecular weight excluding hydrogens is 282 g/mol. The zero-order chi connectivity index (χ0) is 14.6. The summed E-state index contributed by atoms with van der Waals surface area (Å²) in [6, 6.07) is 0.0494. The van der Waals surface area contributed by atoms with E-state index in [4.69, 9.17) is 4.74 Å². The number of carbonyl (C=O) groups is 1. The number of ether oxygens (including phenoxy) is 1. The van der Waals surface area contributed by atoms with Crippen molar-refractivity contribution >= 4 is 15.9 Å². The maximum absolute atomic E-state index is 12.1. The molecule has 2 fully saturated rings. The molecule has 1 amide bonds. The van der Waals surface area contributed by atoms with E-state index in [1.165, 1.54) is 6.26 Å².